The fourth-order valence-electron chi connectivity index (χ4n) is 5.13. The molecule has 0 radical (unpaired) electrons. The molecule has 5 nitrogen and oxygen atoms in total. The fraction of sp³-hybridized carbons (Fsp3) is 0.161. The minimum Gasteiger partial charge on any atom is -0.383 e. The average Bonchev–Trinajstić information content (AvgIpc) is 3.26. The van der Waals surface area contributed by atoms with Crippen LogP contribution >= 0.6 is 0 Å². The maximum atomic E-state index is 13.6. The van der Waals surface area contributed by atoms with Gasteiger partial charge in [0.2, 0.25) is 0 Å². The van der Waals surface area contributed by atoms with Gasteiger partial charge in [0.05, 0.1) is 12.6 Å². The van der Waals surface area contributed by atoms with Gasteiger partial charge >= 0.3 is 0 Å². The monoisotopic (exact) mass is 489 g/mol. The van der Waals surface area contributed by atoms with Crippen LogP contribution in [0.15, 0.2) is 97.3 Å². The molecule has 1 aliphatic heterocycles. The number of imidazole rings is 1. The topological polar surface area (TPSA) is 60.0 Å². The van der Waals surface area contributed by atoms with Crippen molar-refractivity contribution in [1.82, 2.24) is 19.4 Å². The van der Waals surface area contributed by atoms with Crippen molar-refractivity contribution in [3.05, 3.63) is 126 Å². The third-order valence-electron chi connectivity index (χ3n) is 7.08. The molecule has 6 heteroatoms. The van der Waals surface area contributed by atoms with Crippen LogP contribution in [0.2, 0.25) is 0 Å². The second kappa shape index (κ2) is 9.64. The van der Waals surface area contributed by atoms with Gasteiger partial charge in [-0.15, -0.1) is 0 Å². The molecule has 0 amide bonds. The van der Waals surface area contributed by atoms with Crippen LogP contribution in [0, 0.1) is 12.7 Å². The molecule has 0 saturated carbocycles. The molecule has 2 N–H and O–H groups in total. The molecule has 184 valence electrons. The molecule has 0 bridgehead atoms. The number of aryl methyl sites for hydroxylation is 1. The number of aromatic nitrogens is 3. The highest BCUT2D eigenvalue weighted by molar-refractivity contribution is 5.71. The van der Waals surface area contributed by atoms with Gasteiger partial charge in [-0.1, -0.05) is 54.1 Å². The zero-order valence-corrected chi connectivity index (χ0v) is 20.7. The molecular formula is C31H28FN5. The number of rotatable bonds is 5. The van der Waals surface area contributed by atoms with Gasteiger partial charge < -0.3 is 10.3 Å². The van der Waals surface area contributed by atoms with Crippen LogP contribution in [-0.4, -0.2) is 26.0 Å². The third-order valence-corrected chi connectivity index (χ3v) is 7.08. The molecule has 37 heavy (non-hydrogen) atoms. The standard InChI is InChI=1S/C31H28FN5/c1-21-2-6-25(7-3-21)28-19-36(18-22-4-8-23(9-5-22)24-14-16-34-17-15-24)20-29-35-30(31(33)37(28)29)26-10-12-27(32)13-11-26/h2-17,28H,18-20,33H2,1H3. The molecule has 0 spiro atoms. The minimum atomic E-state index is -0.273. The third kappa shape index (κ3) is 4.63. The van der Waals surface area contributed by atoms with Crippen molar-refractivity contribution in [2.24, 2.45) is 0 Å². The van der Waals surface area contributed by atoms with Gasteiger partial charge in [0, 0.05) is 31.0 Å². The molecule has 2 aromatic heterocycles. The Morgan fingerprint density at radius 3 is 2.19 bits per heavy atom. The van der Waals surface area contributed by atoms with E-state index in [1.807, 2.05) is 24.5 Å². The van der Waals surface area contributed by atoms with Crippen molar-refractivity contribution in [2.45, 2.75) is 26.1 Å². The molecule has 0 aliphatic carbocycles. The number of nitrogens with zero attached hydrogens (tertiary/aromatic N) is 4. The summed E-state index contributed by atoms with van der Waals surface area (Å²) >= 11 is 0. The van der Waals surface area contributed by atoms with Gasteiger partial charge in [-0.25, -0.2) is 9.37 Å². The summed E-state index contributed by atoms with van der Waals surface area (Å²) in [6, 6.07) is 27.8. The van der Waals surface area contributed by atoms with Gasteiger partial charge in [0.25, 0.3) is 0 Å². The van der Waals surface area contributed by atoms with E-state index in [4.69, 9.17) is 10.7 Å². The summed E-state index contributed by atoms with van der Waals surface area (Å²) < 4.78 is 15.7. The molecule has 0 fully saturated rings. The number of fused-ring (bicyclic) bond motifs is 1. The number of hydrogen-bond donors (Lipinski definition) is 1. The quantitative estimate of drug-likeness (QED) is 0.317. The van der Waals surface area contributed by atoms with Gasteiger partial charge in [-0.3, -0.25) is 9.88 Å². The van der Waals surface area contributed by atoms with E-state index in [0.29, 0.717) is 18.1 Å². The van der Waals surface area contributed by atoms with Crippen molar-refractivity contribution in [3.63, 3.8) is 0 Å². The Balaban J connectivity index is 1.33. The van der Waals surface area contributed by atoms with E-state index < -0.39 is 0 Å². The van der Waals surface area contributed by atoms with Crippen LogP contribution in [0.25, 0.3) is 22.4 Å². The van der Waals surface area contributed by atoms with E-state index in [2.05, 4.69) is 69.9 Å². The van der Waals surface area contributed by atoms with Gasteiger partial charge in [-0.05, 0) is 65.6 Å². The molecule has 0 saturated heterocycles. The van der Waals surface area contributed by atoms with E-state index in [1.165, 1.54) is 34.4 Å². The fourth-order valence-corrected chi connectivity index (χ4v) is 5.13. The zero-order chi connectivity index (χ0) is 25.4. The van der Waals surface area contributed by atoms with Crippen LogP contribution in [-0.2, 0) is 13.1 Å². The van der Waals surface area contributed by atoms with Crippen molar-refractivity contribution < 1.29 is 4.39 Å². The number of hydrogen-bond acceptors (Lipinski definition) is 4. The summed E-state index contributed by atoms with van der Waals surface area (Å²) in [5.41, 5.74) is 14.2. The lowest BCUT2D eigenvalue weighted by molar-refractivity contribution is 0.190. The molecule has 3 heterocycles. The smallest absolute Gasteiger partial charge is 0.132 e. The highest BCUT2D eigenvalue weighted by Crippen LogP contribution is 2.36. The summed E-state index contributed by atoms with van der Waals surface area (Å²) in [6.45, 7) is 4.39. The lowest BCUT2D eigenvalue weighted by Gasteiger charge is -2.35. The summed E-state index contributed by atoms with van der Waals surface area (Å²) in [7, 11) is 0. The summed E-state index contributed by atoms with van der Waals surface area (Å²) in [5.74, 6) is 1.26. The predicted octanol–water partition coefficient (Wildman–Crippen LogP) is 6.25. The summed E-state index contributed by atoms with van der Waals surface area (Å²) in [4.78, 5) is 11.5. The van der Waals surface area contributed by atoms with Crippen LogP contribution in [0.1, 0.15) is 28.6 Å². The Bertz CT molecular complexity index is 1510. The maximum Gasteiger partial charge on any atom is 0.132 e. The van der Waals surface area contributed by atoms with Gasteiger partial charge in [0.15, 0.2) is 0 Å². The Morgan fingerprint density at radius 2 is 1.49 bits per heavy atom. The van der Waals surface area contributed by atoms with E-state index in [0.717, 1.165) is 30.0 Å². The largest absolute Gasteiger partial charge is 0.383 e. The zero-order valence-electron chi connectivity index (χ0n) is 20.7. The van der Waals surface area contributed by atoms with E-state index in [9.17, 15) is 4.39 Å². The van der Waals surface area contributed by atoms with Crippen molar-refractivity contribution in [2.75, 3.05) is 12.3 Å². The second-order valence-electron chi connectivity index (χ2n) is 9.67. The summed E-state index contributed by atoms with van der Waals surface area (Å²) in [5, 5.41) is 0. The number of anilines is 1. The molecule has 1 unspecified atom stereocenters. The molecular weight excluding hydrogens is 461 g/mol. The van der Waals surface area contributed by atoms with Crippen molar-refractivity contribution in [3.8, 4) is 22.4 Å². The molecule has 1 aliphatic rings. The SMILES string of the molecule is Cc1ccc(C2CN(Cc3ccc(-c4ccncc4)cc3)Cc3nc(-c4ccc(F)cc4)c(N)n32)cc1. The van der Waals surface area contributed by atoms with E-state index in [-0.39, 0.29) is 11.9 Å². The lowest BCUT2D eigenvalue weighted by Crippen LogP contribution is -2.38. The number of halogens is 1. The maximum absolute atomic E-state index is 13.6. The first kappa shape index (κ1) is 23.1. The molecule has 1 atom stereocenters. The van der Waals surface area contributed by atoms with Gasteiger partial charge in [-0.2, -0.15) is 0 Å². The first-order valence-corrected chi connectivity index (χ1v) is 12.5. The lowest BCUT2D eigenvalue weighted by atomic mass is 10.0. The average molecular weight is 490 g/mol. The Labute approximate surface area is 216 Å². The molecule has 6 rings (SSSR count). The van der Waals surface area contributed by atoms with E-state index >= 15 is 0 Å². The predicted molar refractivity (Wildman–Crippen MR) is 145 cm³/mol. The van der Waals surface area contributed by atoms with E-state index in [1.54, 1.807) is 12.1 Å². The highest BCUT2D eigenvalue weighted by Gasteiger charge is 2.31. The van der Waals surface area contributed by atoms with Crippen molar-refractivity contribution >= 4 is 5.82 Å². The Hall–Kier alpha value is -4.29. The first-order valence-electron chi connectivity index (χ1n) is 12.5. The highest BCUT2D eigenvalue weighted by atomic mass is 19.1. The van der Waals surface area contributed by atoms with Crippen LogP contribution in [0.5, 0.6) is 0 Å². The summed E-state index contributed by atoms with van der Waals surface area (Å²) in [6.07, 6.45) is 3.63. The molecule has 3 aromatic carbocycles. The van der Waals surface area contributed by atoms with Crippen LogP contribution < -0.4 is 5.73 Å². The molecule has 5 aromatic rings. The number of nitrogen functional groups attached to an aromatic ring is 1. The van der Waals surface area contributed by atoms with Crippen LogP contribution in [0.3, 0.4) is 0 Å². The number of pyridine rings is 1. The first-order chi connectivity index (χ1) is 18.0. The number of nitrogens with two attached hydrogens (primary N) is 1. The minimum absolute atomic E-state index is 0.0298. The Kier molecular flexibility index (Phi) is 6.02. The van der Waals surface area contributed by atoms with Crippen molar-refractivity contribution in [1.29, 1.82) is 0 Å². The normalized spacial score (nSPS) is 15.5. The van der Waals surface area contributed by atoms with Crippen LogP contribution in [0.4, 0.5) is 10.2 Å². The Morgan fingerprint density at radius 1 is 0.838 bits per heavy atom. The second-order valence-corrected chi connectivity index (χ2v) is 9.67. The number of benzene rings is 3. The van der Waals surface area contributed by atoms with Gasteiger partial charge in [0.1, 0.15) is 23.2 Å².